The van der Waals surface area contributed by atoms with Crippen LogP contribution in [0.4, 0.5) is 0 Å². The molecule has 1 aliphatic heterocycles. The molecule has 0 N–H and O–H groups in total. The van der Waals surface area contributed by atoms with E-state index < -0.39 is 11.6 Å². The first-order valence-corrected chi connectivity index (χ1v) is 8.24. The van der Waals surface area contributed by atoms with Crippen molar-refractivity contribution in [1.82, 2.24) is 0 Å². The molecule has 1 aliphatic carbocycles. The van der Waals surface area contributed by atoms with E-state index >= 15 is 0 Å². The van der Waals surface area contributed by atoms with Crippen LogP contribution in [-0.4, -0.2) is 37.6 Å². The third-order valence-corrected chi connectivity index (χ3v) is 4.57. The Kier molecular flexibility index (Phi) is 4.64. The van der Waals surface area contributed by atoms with E-state index in [0.717, 1.165) is 18.4 Å². The van der Waals surface area contributed by atoms with E-state index in [1.807, 2.05) is 18.2 Å². The molecule has 24 heavy (non-hydrogen) atoms. The summed E-state index contributed by atoms with van der Waals surface area (Å²) in [6.45, 7) is 1.68. The topological polar surface area (TPSA) is 66.4 Å². The first-order chi connectivity index (χ1) is 11.6. The van der Waals surface area contributed by atoms with Gasteiger partial charge in [0.2, 0.25) is 5.60 Å². The van der Waals surface area contributed by atoms with Crippen LogP contribution >= 0.6 is 0 Å². The molecule has 1 saturated carbocycles. The zero-order valence-corrected chi connectivity index (χ0v) is 14.3. The van der Waals surface area contributed by atoms with Crippen molar-refractivity contribution in [2.45, 2.75) is 50.7 Å². The third kappa shape index (κ3) is 3.18. The number of esters is 1. The van der Waals surface area contributed by atoms with E-state index in [9.17, 15) is 4.79 Å². The number of rotatable bonds is 5. The maximum atomic E-state index is 11.8. The molecule has 3 rings (SSSR count). The highest BCUT2D eigenvalue weighted by molar-refractivity contribution is 6.05. The summed E-state index contributed by atoms with van der Waals surface area (Å²) in [5.74, 6) is 0.967. The molecule has 1 aromatic carbocycles. The van der Waals surface area contributed by atoms with Crippen LogP contribution in [0.5, 0.6) is 11.5 Å². The van der Waals surface area contributed by atoms with Crippen molar-refractivity contribution in [1.29, 1.82) is 0 Å². The second-order valence-corrected chi connectivity index (χ2v) is 6.42. The maximum Gasteiger partial charge on any atom is 0.353 e. The van der Waals surface area contributed by atoms with Gasteiger partial charge in [0.15, 0.2) is 11.5 Å². The van der Waals surface area contributed by atoms with Gasteiger partial charge in [-0.3, -0.25) is 0 Å². The van der Waals surface area contributed by atoms with Crippen molar-refractivity contribution >= 4 is 11.7 Å². The Morgan fingerprint density at radius 2 is 2.00 bits per heavy atom. The Bertz CT molecular complexity index is 651. The van der Waals surface area contributed by atoms with Gasteiger partial charge in [0.25, 0.3) is 0 Å². The van der Waals surface area contributed by atoms with E-state index in [-0.39, 0.29) is 6.10 Å². The standard InChI is InChI=1S/C18H23NO5/c1-18(17(20)22-3)11-14(19-24-18)12-8-9-15(21-2)16(10-12)23-13-6-4-5-7-13/h8-10,13H,4-7,11H2,1-3H3/t18-/m0/s1. The van der Waals surface area contributed by atoms with Gasteiger partial charge in [0, 0.05) is 12.0 Å². The third-order valence-electron chi connectivity index (χ3n) is 4.57. The van der Waals surface area contributed by atoms with Crippen molar-refractivity contribution in [3.63, 3.8) is 0 Å². The SMILES string of the molecule is COC(=O)[C@]1(C)CC(c2ccc(OC)c(OC3CCCC3)c2)=NO1. The highest BCUT2D eigenvalue weighted by atomic mass is 16.7. The van der Waals surface area contributed by atoms with Gasteiger partial charge in [-0.05, 0) is 50.8 Å². The zero-order chi connectivity index (χ0) is 17.2. The fraction of sp³-hybridized carbons (Fsp3) is 0.556. The van der Waals surface area contributed by atoms with Crippen LogP contribution in [0.15, 0.2) is 23.4 Å². The summed E-state index contributed by atoms with van der Waals surface area (Å²) in [7, 11) is 2.97. The van der Waals surface area contributed by atoms with Crippen molar-refractivity contribution in [3.8, 4) is 11.5 Å². The summed E-state index contributed by atoms with van der Waals surface area (Å²) in [5.41, 5.74) is 0.481. The highest BCUT2D eigenvalue weighted by Crippen LogP contribution is 2.35. The van der Waals surface area contributed by atoms with Crippen molar-refractivity contribution in [2.24, 2.45) is 5.16 Å². The number of carbonyl (C=O) groups is 1. The molecule has 1 heterocycles. The summed E-state index contributed by atoms with van der Waals surface area (Å²) in [6, 6.07) is 5.66. The number of oxime groups is 1. The number of nitrogens with zero attached hydrogens (tertiary/aromatic N) is 1. The summed E-state index contributed by atoms with van der Waals surface area (Å²) >= 11 is 0. The quantitative estimate of drug-likeness (QED) is 0.775. The van der Waals surface area contributed by atoms with Crippen molar-refractivity contribution < 1.29 is 23.8 Å². The molecule has 1 aromatic rings. The van der Waals surface area contributed by atoms with Crippen LogP contribution in [0.25, 0.3) is 0 Å². The Morgan fingerprint density at radius 3 is 2.67 bits per heavy atom. The van der Waals surface area contributed by atoms with Crippen LogP contribution in [0, 0.1) is 0 Å². The molecule has 130 valence electrons. The normalized spacial score (nSPS) is 23.5. The van der Waals surface area contributed by atoms with Crippen molar-refractivity contribution in [2.75, 3.05) is 14.2 Å². The molecular weight excluding hydrogens is 310 g/mol. The molecule has 0 radical (unpaired) electrons. The van der Waals surface area contributed by atoms with E-state index in [1.165, 1.54) is 20.0 Å². The molecule has 0 unspecified atom stereocenters. The average Bonchev–Trinajstić information content (AvgIpc) is 3.24. The molecule has 0 aromatic heterocycles. The van der Waals surface area contributed by atoms with E-state index in [2.05, 4.69) is 5.16 Å². The molecule has 0 bridgehead atoms. The average molecular weight is 333 g/mol. The molecule has 6 nitrogen and oxygen atoms in total. The van der Waals surface area contributed by atoms with E-state index in [0.29, 0.717) is 23.6 Å². The Labute approximate surface area is 141 Å². The first kappa shape index (κ1) is 16.6. The fourth-order valence-corrected chi connectivity index (χ4v) is 3.15. The maximum absolute atomic E-state index is 11.8. The fourth-order valence-electron chi connectivity index (χ4n) is 3.15. The van der Waals surface area contributed by atoms with Crippen LogP contribution in [0.2, 0.25) is 0 Å². The van der Waals surface area contributed by atoms with Gasteiger partial charge in [-0.25, -0.2) is 4.79 Å². The largest absolute Gasteiger partial charge is 0.493 e. The number of hydrogen-bond acceptors (Lipinski definition) is 6. The molecule has 0 saturated heterocycles. The lowest BCUT2D eigenvalue weighted by Crippen LogP contribution is -2.36. The van der Waals surface area contributed by atoms with Crippen molar-refractivity contribution in [3.05, 3.63) is 23.8 Å². The minimum absolute atomic E-state index is 0.233. The summed E-state index contributed by atoms with van der Waals surface area (Å²) in [4.78, 5) is 17.2. The van der Waals surface area contributed by atoms with Crippen LogP contribution < -0.4 is 9.47 Å². The van der Waals surface area contributed by atoms with Gasteiger partial charge in [0.05, 0.1) is 26.0 Å². The molecular formula is C18H23NO5. The van der Waals surface area contributed by atoms with Gasteiger partial charge in [-0.1, -0.05) is 5.16 Å². The number of ether oxygens (including phenoxy) is 3. The second-order valence-electron chi connectivity index (χ2n) is 6.42. The zero-order valence-electron chi connectivity index (χ0n) is 14.3. The van der Waals surface area contributed by atoms with Gasteiger partial charge in [0.1, 0.15) is 0 Å². The van der Waals surface area contributed by atoms with Crippen LogP contribution in [-0.2, 0) is 14.4 Å². The monoisotopic (exact) mass is 333 g/mol. The van der Waals surface area contributed by atoms with Gasteiger partial charge in [-0.15, -0.1) is 0 Å². The minimum atomic E-state index is -1.07. The number of benzene rings is 1. The minimum Gasteiger partial charge on any atom is -0.493 e. The van der Waals surface area contributed by atoms with E-state index in [1.54, 1.807) is 14.0 Å². The first-order valence-electron chi connectivity index (χ1n) is 8.24. The number of hydrogen-bond donors (Lipinski definition) is 0. The summed E-state index contributed by atoms with van der Waals surface area (Å²) in [6.07, 6.45) is 5.12. The Hall–Kier alpha value is -2.24. The predicted octanol–water partition coefficient (Wildman–Crippen LogP) is 3.07. The molecule has 0 amide bonds. The lowest BCUT2D eigenvalue weighted by molar-refractivity contribution is -0.164. The van der Waals surface area contributed by atoms with Gasteiger partial charge >= 0.3 is 5.97 Å². The molecule has 0 spiro atoms. The smallest absolute Gasteiger partial charge is 0.353 e. The Balaban J connectivity index is 1.80. The molecule has 1 atom stereocenters. The van der Waals surface area contributed by atoms with Gasteiger partial charge < -0.3 is 19.0 Å². The van der Waals surface area contributed by atoms with E-state index in [4.69, 9.17) is 19.0 Å². The van der Waals surface area contributed by atoms with Gasteiger partial charge in [-0.2, -0.15) is 0 Å². The molecule has 1 fully saturated rings. The molecule has 2 aliphatic rings. The van der Waals surface area contributed by atoms with Crippen LogP contribution in [0.3, 0.4) is 0 Å². The Morgan fingerprint density at radius 1 is 1.25 bits per heavy atom. The highest BCUT2D eigenvalue weighted by Gasteiger charge is 2.43. The number of carbonyl (C=O) groups excluding carboxylic acids is 1. The lowest BCUT2D eigenvalue weighted by Gasteiger charge is -2.18. The summed E-state index contributed by atoms with van der Waals surface area (Å²) < 4.78 is 16.3. The van der Waals surface area contributed by atoms with Crippen LogP contribution in [0.1, 0.15) is 44.6 Å². The second kappa shape index (κ2) is 6.71. The molecule has 6 heteroatoms. The lowest BCUT2D eigenvalue weighted by atomic mass is 9.96. The number of methoxy groups -OCH3 is 2. The predicted molar refractivity (Wildman–Crippen MR) is 88.5 cm³/mol. The summed E-state index contributed by atoms with van der Waals surface area (Å²) in [5, 5.41) is 4.08.